The predicted molar refractivity (Wildman–Crippen MR) is 72.8 cm³/mol. The Bertz CT molecular complexity index is 551. The summed E-state index contributed by atoms with van der Waals surface area (Å²) in [5, 5.41) is 4.90. The van der Waals surface area contributed by atoms with Crippen molar-refractivity contribution in [3.63, 3.8) is 0 Å². The molecular weight excluding hydrogens is 250 g/mol. The quantitative estimate of drug-likeness (QED) is 0.924. The molecule has 2 N–H and O–H groups in total. The van der Waals surface area contributed by atoms with Crippen LogP contribution in [0.15, 0.2) is 24.3 Å². The summed E-state index contributed by atoms with van der Waals surface area (Å²) in [5.74, 6) is 1.28. The molecule has 0 bridgehead atoms. The Balaban J connectivity index is 2.08. The molecule has 1 aromatic heterocycles. The molecule has 0 amide bonds. The molecule has 96 valence electrons. The first-order valence-corrected chi connectivity index (χ1v) is 6.19. The van der Waals surface area contributed by atoms with Gasteiger partial charge in [0, 0.05) is 16.8 Å². The summed E-state index contributed by atoms with van der Waals surface area (Å²) < 4.78 is 7.39. The van der Waals surface area contributed by atoms with E-state index in [4.69, 9.17) is 22.1 Å². The third-order valence-corrected chi connectivity index (χ3v) is 3.12. The highest BCUT2D eigenvalue weighted by atomic mass is 35.5. The van der Waals surface area contributed by atoms with Crippen LogP contribution >= 0.6 is 11.6 Å². The lowest BCUT2D eigenvalue weighted by Gasteiger charge is -2.09. The summed E-state index contributed by atoms with van der Waals surface area (Å²) in [5.41, 5.74) is 7.65. The Kier molecular flexibility index (Phi) is 3.77. The van der Waals surface area contributed by atoms with Crippen molar-refractivity contribution in [3.8, 4) is 5.75 Å². The van der Waals surface area contributed by atoms with E-state index in [1.165, 1.54) is 0 Å². The van der Waals surface area contributed by atoms with Crippen molar-refractivity contribution in [2.75, 3.05) is 5.73 Å². The number of benzene rings is 1. The van der Waals surface area contributed by atoms with Crippen LogP contribution in [0.5, 0.6) is 5.75 Å². The molecule has 0 spiro atoms. The van der Waals surface area contributed by atoms with Crippen LogP contribution in [-0.4, -0.2) is 9.78 Å². The Labute approximate surface area is 111 Å². The van der Waals surface area contributed by atoms with Crippen LogP contribution in [0.4, 0.5) is 5.82 Å². The summed E-state index contributed by atoms with van der Waals surface area (Å²) in [6.07, 6.45) is 0.879. The maximum absolute atomic E-state index is 6.05. The van der Waals surface area contributed by atoms with Crippen LogP contribution in [0.25, 0.3) is 0 Å². The number of aryl methyl sites for hydroxylation is 2. The van der Waals surface area contributed by atoms with Gasteiger partial charge in [0.15, 0.2) is 6.73 Å². The molecule has 0 radical (unpaired) electrons. The highest BCUT2D eigenvalue weighted by Crippen LogP contribution is 2.22. The van der Waals surface area contributed by atoms with Crippen LogP contribution in [0, 0.1) is 6.92 Å². The standard InChI is InChI=1S/C13H16ClN3O/c1-3-10-7-11(4-5-12(10)14)18-8-17-9(2)6-13(15)16-17/h4-7H,3,8H2,1-2H3,(H2,15,16). The lowest BCUT2D eigenvalue weighted by atomic mass is 10.2. The van der Waals surface area contributed by atoms with Crippen molar-refractivity contribution in [1.82, 2.24) is 9.78 Å². The average Bonchev–Trinajstić information content (AvgIpc) is 2.67. The van der Waals surface area contributed by atoms with Gasteiger partial charge in [0.25, 0.3) is 0 Å². The zero-order valence-electron chi connectivity index (χ0n) is 10.5. The van der Waals surface area contributed by atoms with Crippen molar-refractivity contribution in [2.24, 2.45) is 0 Å². The minimum absolute atomic E-state index is 0.341. The number of rotatable bonds is 4. The Morgan fingerprint density at radius 1 is 1.39 bits per heavy atom. The third kappa shape index (κ3) is 2.76. The fourth-order valence-electron chi connectivity index (χ4n) is 1.71. The van der Waals surface area contributed by atoms with Gasteiger partial charge in [-0.15, -0.1) is 0 Å². The SMILES string of the molecule is CCc1cc(OCn2nc(N)cc2C)ccc1Cl. The average molecular weight is 266 g/mol. The molecule has 1 heterocycles. The zero-order chi connectivity index (χ0) is 13.1. The molecule has 5 heteroatoms. The smallest absolute Gasteiger partial charge is 0.181 e. The van der Waals surface area contributed by atoms with Crippen LogP contribution in [0.1, 0.15) is 18.2 Å². The van der Waals surface area contributed by atoms with Crippen molar-refractivity contribution in [1.29, 1.82) is 0 Å². The second-order valence-corrected chi connectivity index (χ2v) is 4.50. The van der Waals surface area contributed by atoms with Gasteiger partial charge in [0.1, 0.15) is 11.6 Å². The minimum Gasteiger partial charge on any atom is -0.471 e. The molecule has 0 unspecified atom stereocenters. The Hall–Kier alpha value is -1.68. The van der Waals surface area contributed by atoms with Crippen LogP contribution in [-0.2, 0) is 13.2 Å². The molecule has 0 saturated carbocycles. The van der Waals surface area contributed by atoms with Gasteiger partial charge >= 0.3 is 0 Å². The van der Waals surface area contributed by atoms with Gasteiger partial charge < -0.3 is 10.5 Å². The lowest BCUT2D eigenvalue weighted by molar-refractivity contribution is 0.218. The number of hydrogen-bond donors (Lipinski definition) is 1. The van der Waals surface area contributed by atoms with E-state index in [1.54, 1.807) is 4.68 Å². The first-order valence-electron chi connectivity index (χ1n) is 5.81. The van der Waals surface area contributed by atoms with E-state index in [2.05, 4.69) is 12.0 Å². The van der Waals surface area contributed by atoms with Gasteiger partial charge in [-0.3, -0.25) is 0 Å². The molecule has 1 aromatic carbocycles. The van der Waals surface area contributed by atoms with Crippen molar-refractivity contribution >= 4 is 17.4 Å². The maximum Gasteiger partial charge on any atom is 0.181 e. The van der Waals surface area contributed by atoms with Gasteiger partial charge in [0.05, 0.1) is 0 Å². The minimum atomic E-state index is 0.341. The van der Waals surface area contributed by atoms with Gasteiger partial charge in [0.2, 0.25) is 0 Å². The highest BCUT2D eigenvalue weighted by Gasteiger charge is 2.04. The van der Waals surface area contributed by atoms with E-state index in [-0.39, 0.29) is 0 Å². The number of halogens is 1. The van der Waals surface area contributed by atoms with Crippen LogP contribution in [0.2, 0.25) is 5.02 Å². The molecule has 0 aliphatic heterocycles. The number of anilines is 1. The Morgan fingerprint density at radius 3 is 2.78 bits per heavy atom. The monoisotopic (exact) mass is 265 g/mol. The van der Waals surface area contributed by atoms with Gasteiger partial charge in [-0.1, -0.05) is 18.5 Å². The number of nitrogens with zero attached hydrogens (tertiary/aromatic N) is 2. The molecule has 0 atom stereocenters. The highest BCUT2D eigenvalue weighted by molar-refractivity contribution is 6.31. The molecule has 0 aliphatic rings. The van der Waals surface area contributed by atoms with Gasteiger partial charge in [-0.2, -0.15) is 5.10 Å². The second-order valence-electron chi connectivity index (χ2n) is 4.09. The summed E-state index contributed by atoms with van der Waals surface area (Å²) in [6, 6.07) is 7.46. The zero-order valence-corrected chi connectivity index (χ0v) is 11.2. The summed E-state index contributed by atoms with van der Waals surface area (Å²) in [4.78, 5) is 0. The molecule has 0 saturated heterocycles. The Morgan fingerprint density at radius 2 is 2.17 bits per heavy atom. The third-order valence-electron chi connectivity index (χ3n) is 2.75. The number of nitrogen functional groups attached to an aromatic ring is 1. The van der Waals surface area contributed by atoms with E-state index in [1.807, 2.05) is 31.2 Å². The van der Waals surface area contributed by atoms with Crippen molar-refractivity contribution in [2.45, 2.75) is 27.0 Å². The van der Waals surface area contributed by atoms with Crippen LogP contribution < -0.4 is 10.5 Å². The van der Waals surface area contributed by atoms with Gasteiger partial charge in [-0.25, -0.2) is 4.68 Å². The van der Waals surface area contributed by atoms with Crippen molar-refractivity contribution in [3.05, 3.63) is 40.5 Å². The molecule has 18 heavy (non-hydrogen) atoms. The van der Waals surface area contributed by atoms with E-state index in [0.717, 1.165) is 28.5 Å². The first-order chi connectivity index (χ1) is 8.60. The van der Waals surface area contributed by atoms with Gasteiger partial charge in [-0.05, 0) is 37.1 Å². The molecule has 2 aromatic rings. The topological polar surface area (TPSA) is 53.1 Å². The molecule has 2 rings (SSSR count). The second kappa shape index (κ2) is 5.31. The number of hydrogen-bond acceptors (Lipinski definition) is 3. The summed E-state index contributed by atoms with van der Waals surface area (Å²) in [6.45, 7) is 4.34. The van der Waals surface area contributed by atoms with E-state index in [9.17, 15) is 0 Å². The summed E-state index contributed by atoms with van der Waals surface area (Å²) >= 11 is 6.05. The number of ether oxygens (including phenoxy) is 1. The first kappa shape index (κ1) is 12.8. The molecular formula is C13H16ClN3O. The summed E-state index contributed by atoms with van der Waals surface area (Å²) in [7, 11) is 0. The normalized spacial score (nSPS) is 10.6. The van der Waals surface area contributed by atoms with E-state index >= 15 is 0 Å². The largest absolute Gasteiger partial charge is 0.471 e. The lowest BCUT2D eigenvalue weighted by Crippen LogP contribution is -2.08. The fraction of sp³-hybridized carbons (Fsp3) is 0.308. The molecule has 0 fully saturated rings. The van der Waals surface area contributed by atoms with Crippen LogP contribution in [0.3, 0.4) is 0 Å². The van der Waals surface area contributed by atoms with E-state index < -0.39 is 0 Å². The maximum atomic E-state index is 6.05. The fourth-order valence-corrected chi connectivity index (χ4v) is 1.97. The number of aromatic nitrogens is 2. The van der Waals surface area contributed by atoms with Crippen molar-refractivity contribution < 1.29 is 4.74 Å². The predicted octanol–water partition coefficient (Wildman–Crippen LogP) is 3.03. The number of nitrogens with two attached hydrogens (primary N) is 1. The molecule has 4 nitrogen and oxygen atoms in total. The van der Waals surface area contributed by atoms with E-state index in [0.29, 0.717) is 12.5 Å². The molecule has 0 aliphatic carbocycles.